The van der Waals surface area contributed by atoms with Gasteiger partial charge in [-0.05, 0) is 36.2 Å². The summed E-state index contributed by atoms with van der Waals surface area (Å²) in [4.78, 5) is 0. The Morgan fingerprint density at radius 2 is 1.67 bits per heavy atom. The lowest BCUT2D eigenvalue weighted by Crippen LogP contribution is -2.08. The highest BCUT2D eigenvalue weighted by Gasteiger charge is 2.14. The molecule has 0 unspecified atom stereocenters. The van der Waals surface area contributed by atoms with Crippen molar-refractivity contribution in [1.29, 1.82) is 5.26 Å². The molecule has 0 fully saturated rings. The molecule has 0 aliphatic heterocycles. The standard InChI is InChI=1S/C20H18FN3/c1-14-2-4-15(5-3-14)10-20-19(23)11-18(12-22)24(20)13-16-6-8-17(21)9-7-16/h2-9,11H,10,13,23H2,1H3. The number of anilines is 1. The number of hydrogen-bond acceptors (Lipinski definition) is 2. The molecule has 0 atom stereocenters. The molecule has 2 aromatic carbocycles. The highest BCUT2D eigenvalue weighted by atomic mass is 19.1. The molecule has 1 heterocycles. The van der Waals surface area contributed by atoms with E-state index >= 15 is 0 Å². The average Bonchev–Trinajstić information content (AvgIpc) is 2.87. The fourth-order valence-electron chi connectivity index (χ4n) is 2.75. The van der Waals surface area contributed by atoms with Crippen LogP contribution in [0.2, 0.25) is 0 Å². The molecular formula is C20H18FN3. The summed E-state index contributed by atoms with van der Waals surface area (Å²) in [5.74, 6) is -0.272. The largest absolute Gasteiger partial charge is 0.397 e. The first-order valence-corrected chi connectivity index (χ1v) is 7.75. The molecule has 0 bridgehead atoms. The van der Waals surface area contributed by atoms with Crippen LogP contribution in [0.3, 0.4) is 0 Å². The van der Waals surface area contributed by atoms with Gasteiger partial charge < -0.3 is 10.3 Å². The number of nitriles is 1. The first-order valence-electron chi connectivity index (χ1n) is 7.75. The van der Waals surface area contributed by atoms with Crippen molar-refractivity contribution in [3.8, 4) is 6.07 Å². The van der Waals surface area contributed by atoms with Crippen molar-refractivity contribution in [2.45, 2.75) is 19.9 Å². The second-order valence-corrected chi connectivity index (χ2v) is 5.92. The van der Waals surface area contributed by atoms with E-state index in [-0.39, 0.29) is 5.82 Å². The van der Waals surface area contributed by atoms with Gasteiger partial charge in [0.2, 0.25) is 0 Å². The highest BCUT2D eigenvalue weighted by molar-refractivity contribution is 5.52. The number of benzene rings is 2. The minimum absolute atomic E-state index is 0.272. The minimum atomic E-state index is -0.272. The molecular weight excluding hydrogens is 301 g/mol. The number of hydrogen-bond donors (Lipinski definition) is 1. The summed E-state index contributed by atoms with van der Waals surface area (Å²) < 4.78 is 15.0. The van der Waals surface area contributed by atoms with Crippen molar-refractivity contribution < 1.29 is 4.39 Å². The third kappa shape index (κ3) is 3.31. The number of aromatic nitrogens is 1. The molecule has 3 nitrogen and oxygen atoms in total. The summed E-state index contributed by atoms with van der Waals surface area (Å²) in [5, 5.41) is 9.39. The smallest absolute Gasteiger partial charge is 0.123 e. The molecule has 1 aromatic heterocycles. The van der Waals surface area contributed by atoms with Crippen LogP contribution in [0.25, 0.3) is 0 Å². The zero-order valence-electron chi connectivity index (χ0n) is 13.5. The first-order chi connectivity index (χ1) is 11.6. The van der Waals surface area contributed by atoms with Gasteiger partial charge in [0, 0.05) is 18.7 Å². The molecule has 3 aromatic rings. The number of nitrogen functional groups attached to an aromatic ring is 1. The van der Waals surface area contributed by atoms with E-state index in [1.54, 1.807) is 18.2 Å². The minimum Gasteiger partial charge on any atom is -0.397 e. The summed E-state index contributed by atoms with van der Waals surface area (Å²) in [6.07, 6.45) is 0.648. The van der Waals surface area contributed by atoms with E-state index in [0.29, 0.717) is 24.3 Å². The lowest BCUT2D eigenvalue weighted by atomic mass is 10.1. The molecule has 120 valence electrons. The van der Waals surface area contributed by atoms with Crippen LogP contribution in [-0.4, -0.2) is 4.57 Å². The van der Waals surface area contributed by atoms with E-state index in [9.17, 15) is 9.65 Å². The van der Waals surface area contributed by atoms with Crippen LogP contribution in [0.4, 0.5) is 10.1 Å². The fraction of sp³-hybridized carbons (Fsp3) is 0.150. The van der Waals surface area contributed by atoms with E-state index in [4.69, 9.17) is 5.73 Å². The number of aryl methyl sites for hydroxylation is 1. The first kappa shape index (κ1) is 15.8. The van der Waals surface area contributed by atoms with Crippen LogP contribution in [0.15, 0.2) is 54.6 Å². The predicted octanol–water partition coefficient (Wildman–Crippen LogP) is 4.03. The number of nitrogens with two attached hydrogens (primary N) is 1. The van der Waals surface area contributed by atoms with Crippen LogP contribution >= 0.6 is 0 Å². The number of rotatable bonds is 4. The summed E-state index contributed by atoms with van der Waals surface area (Å²) in [6, 6.07) is 18.4. The third-order valence-corrected chi connectivity index (χ3v) is 4.10. The molecule has 4 heteroatoms. The Hall–Kier alpha value is -3.06. The van der Waals surface area contributed by atoms with Crippen molar-refractivity contribution in [3.63, 3.8) is 0 Å². The molecule has 0 amide bonds. The van der Waals surface area contributed by atoms with Crippen LogP contribution in [0.1, 0.15) is 28.1 Å². The SMILES string of the molecule is Cc1ccc(Cc2c(N)cc(C#N)n2Cc2ccc(F)cc2)cc1. The monoisotopic (exact) mass is 319 g/mol. The molecule has 0 aliphatic rings. The van der Waals surface area contributed by atoms with E-state index in [1.165, 1.54) is 17.7 Å². The molecule has 0 saturated heterocycles. The average molecular weight is 319 g/mol. The quantitative estimate of drug-likeness (QED) is 0.789. The predicted molar refractivity (Wildman–Crippen MR) is 93.0 cm³/mol. The van der Waals surface area contributed by atoms with Crippen molar-refractivity contribution in [3.05, 3.63) is 88.5 Å². The summed E-state index contributed by atoms with van der Waals surface area (Å²) in [6.45, 7) is 2.53. The van der Waals surface area contributed by atoms with Gasteiger partial charge in [-0.15, -0.1) is 0 Å². The Bertz CT molecular complexity index is 884. The number of nitrogens with zero attached hydrogens (tertiary/aromatic N) is 2. The maximum Gasteiger partial charge on any atom is 0.123 e. The number of halogens is 1. The molecule has 3 rings (SSSR count). The van der Waals surface area contributed by atoms with E-state index in [2.05, 4.69) is 30.3 Å². The summed E-state index contributed by atoms with van der Waals surface area (Å²) in [5.41, 5.74) is 11.4. The van der Waals surface area contributed by atoms with Crippen molar-refractivity contribution >= 4 is 5.69 Å². The maximum absolute atomic E-state index is 13.1. The van der Waals surface area contributed by atoms with Gasteiger partial charge in [0.1, 0.15) is 17.6 Å². The maximum atomic E-state index is 13.1. The molecule has 24 heavy (non-hydrogen) atoms. The Balaban J connectivity index is 1.96. The van der Waals surface area contributed by atoms with Gasteiger partial charge in [-0.3, -0.25) is 0 Å². The van der Waals surface area contributed by atoms with E-state index < -0.39 is 0 Å². The zero-order chi connectivity index (χ0) is 17.1. The topological polar surface area (TPSA) is 54.7 Å². The van der Waals surface area contributed by atoms with Gasteiger partial charge in [0.25, 0.3) is 0 Å². The highest BCUT2D eigenvalue weighted by Crippen LogP contribution is 2.23. The van der Waals surface area contributed by atoms with Gasteiger partial charge in [0.05, 0.1) is 5.69 Å². The molecule has 0 spiro atoms. The lowest BCUT2D eigenvalue weighted by Gasteiger charge is -2.12. The van der Waals surface area contributed by atoms with Crippen LogP contribution in [0, 0.1) is 24.1 Å². The second kappa shape index (κ2) is 6.59. The molecule has 0 aliphatic carbocycles. The fourth-order valence-corrected chi connectivity index (χ4v) is 2.75. The Kier molecular flexibility index (Phi) is 4.35. The second-order valence-electron chi connectivity index (χ2n) is 5.92. The van der Waals surface area contributed by atoms with Crippen LogP contribution < -0.4 is 5.73 Å². The van der Waals surface area contributed by atoms with Gasteiger partial charge in [-0.25, -0.2) is 4.39 Å². The van der Waals surface area contributed by atoms with Crippen LogP contribution in [-0.2, 0) is 13.0 Å². The Morgan fingerprint density at radius 1 is 1.04 bits per heavy atom. The van der Waals surface area contributed by atoms with E-state index in [0.717, 1.165) is 16.8 Å². The van der Waals surface area contributed by atoms with Crippen LogP contribution in [0.5, 0.6) is 0 Å². The molecule has 0 saturated carbocycles. The van der Waals surface area contributed by atoms with E-state index in [1.807, 2.05) is 11.5 Å². The summed E-state index contributed by atoms with van der Waals surface area (Å²) in [7, 11) is 0. The zero-order valence-corrected chi connectivity index (χ0v) is 13.5. The molecule has 2 N–H and O–H groups in total. The van der Waals surface area contributed by atoms with Gasteiger partial charge in [-0.2, -0.15) is 5.26 Å². The van der Waals surface area contributed by atoms with Gasteiger partial charge in [-0.1, -0.05) is 42.0 Å². The van der Waals surface area contributed by atoms with Gasteiger partial charge in [0.15, 0.2) is 0 Å². The Labute approximate surface area is 140 Å². The van der Waals surface area contributed by atoms with Crippen molar-refractivity contribution in [1.82, 2.24) is 4.57 Å². The lowest BCUT2D eigenvalue weighted by molar-refractivity contribution is 0.626. The molecule has 0 radical (unpaired) electrons. The Morgan fingerprint density at radius 3 is 2.29 bits per heavy atom. The van der Waals surface area contributed by atoms with Gasteiger partial charge >= 0.3 is 0 Å². The third-order valence-electron chi connectivity index (χ3n) is 4.10. The van der Waals surface area contributed by atoms with Crippen molar-refractivity contribution in [2.75, 3.05) is 5.73 Å². The summed E-state index contributed by atoms with van der Waals surface area (Å²) >= 11 is 0. The normalized spacial score (nSPS) is 10.5. The van der Waals surface area contributed by atoms with Crippen molar-refractivity contribution in [2.24, 2.45) is 0 Å².